The maximum atomic E-state index is 14.3. The van der Waals surface area contributed by atoms with Crippen molar-refractivity contribution in [2.24, 2.45) is 4.99 Å². The van der Waals surface area contributed by atoms with Crippen molar-refractivity contribution in [1.82, 2.24) is 4.57 Å². The van der Waals surface area contributed by atoms with Crippen LogP contribution in [0.25, 0.3) is 16.8 Å². The lowest BCUT2D eigenvalue weighted by Gasteiger charge is -2.25. The molecule has 0 spiro atoms. The molecule has 5 aromatic rings. The average Bonchev–Trinajstić information content (AvgIpc) is 3.41. The van der Waals surface area contributed by atoms with E-state index in [2.05, 4.69) is 34.1 Å². The number of esters is 1. The van der Waals surface area contributed by atoms with Crippen LogP contribution in [-0.2, 0) is 16.1 Å². The average molecular weight is 758 g/mol. The van der Waals surface area contributed by atoms with Gasteiger partial charge in [0.15, 0.2) is 27.8 Å². The fourth-order valence-corrected chi connectivity index (χ4v) is 7.65. The van der Waals surface area contributed by atoms with Gasteiger partial charge in [0.2, 0.25) is 0 Å². The molecule has 50 heavy (non-hydrogen) atoms. The summed E-state index contributed by atoms with van der Waals surface area (Å²) in [6, 6.07) is 22.7. The molecule has 0 N–H and O–H groups in total. The van der Waals surface area contributed by atoms with Crippen LogP contribution in [0.2, 0.25) is 0 Å². The monoisotopic (exact) mass is 756 g/mol. The van der Waals surface area contributed by atoms with E-state index in [1.54, 1.807) is 37.7 Å². The molecule has 11 heteroatoms. The SMILES string of the molecule is CCOC(=O)C1=C(C)N=c2s/c(=C\c3cc(Br)c(OCc4cccc5ccccc45)c(OC)c3)c(=O)n2[C@H]1c1ccc(OCC)c(OCC)c1. The molecular weight excluding hydrogens is 720 g/mol. The van der Waals surface area contributed by atoms with Crippen LogP contribution in [0.3, 0.4) is 0 Å². The minimum absolute atomic E-state index is 0.179. The highest BCUT2D eigenvalue weighted by molar-refractivity contribution is 9.10. The van der Waals surface area contributed by atoms with Crippen LogP contribution in [0.5, 0.6) is 23.0 Å². The number of methoxy groups -OCH3 is 1. The summed E-state index contributed by atoms with van der Waals surface area (Å²) in [4.78, 5) is 32.8. The minimum atomic E-state index is -0.798. The van der Waals surface area contributed by atoms with Crippen molar-refractivity contribution in [2.45, 2.75) is 40.3 Å². The Labute approximate surface area is 302 Å². The minimum Gasteiger partial charge on any atom is -0.493 e. The van der Waals surface area contributed by atoms with Gasteiger partial charge in [0.05, 0.1) is 53.2 Å². The molecule has 1 atom stereocenters. The quantitative estimate of drug-likeness (QED) is 0.125. The smallest absolute Gasteiger partial charge is 0.338 e. The third-order valence-electron chi connectivity index (χ3n) is 8.20. The standard InChI is InChI=1S/C39H37BrN2O7S/c1-6-46-30-17-16-26(21-31(30)47-7-2)35-34(38(44)48-8-3)23(4)41-39-42(35)37(43)33(50-39)20-24-18-29(40)36(32(19-24)45-5)49-22-27-14-11-13-25-12-9-10-15-28(25)27/h9-21,35H,6-8,22H2,1-5H3/b33-20-/t35-/m0/s1. The summed E-state index contributed by atoms with van der Waals surface area (Å²) in [5, 5.41) is 2.26. The number of benzene rings is 4. The number of carbonyl (C=O) groups is 1. The molecule has 1 aliphatic rings. The van der Waals surface area contributed by atoms with Crippen molar-refractivity contribution in [3.8, 4) is 23.0 Å². The Hall–Kier alpha value is -4.87. The molecule has 0 saturated carbocycles. The Kier molecular flexibility index (Phi) is 10.7. The molecule has 1 aromatic heterocycles. The zero-order valence-electron chi connectivity index (χ0n) is 28.4. The maximum absolute atomic E-state index is 14.3. The molecular formula is C39H37BrN2O7S. The van der Waals surface area contributed by atoms with Crippen molar-refractivity contribution in [1.29, 1.82) is 0 Å². The number of hydrogen-bond acceptors (Lipinski definition) is 9. The molecule has 258 valence electrons. The van der Waals surface area contributed by atoms with Crippen LogP contribution >= 0.6 is 27.3 Å². The number of allylic oxidation sites excluding steroid dienone is 1. The van der Waals surface area contributed by atoms with Crippen LogP contribution in [0.4, 0.5) is 0 Å². The molecule has 0 unspecified atom stereocenters. The van der Waals surface area contributed by atoms with E-state index in [0.717, 1.165) is 16.3 Å². The van der Waals surface area contributed by atoms with Crippen LogP contribution in [0, 0.1) is 0 Å². The Morgan fingerprint density at radius 3 is 2.44 bits per heavy atom. The van der Waals surface area contributed by atoms with Gasteiger partial charge in [-0.3, -0.25) is 9.36 Å². The lowest BCUT2D eigenvalue weighted by Crippen LogP contribution is -2.40. The highest BCUT2D eigenvalue weighted by Gasteiger charge is 2.34. The fraction of sp³-hybridized carbons (Fsp3) is 0.256. The Bertz CT molecular complexity index is 2290. The van der Waals surface area contributed by atoms with E-state index in [0.29, 0.717) is 73.4 Å². The fourth-order valence-electron chi connectivity index (χ4n) is 6.03. The number of halogens is 1. The van der Waals surface area contributed by atoms with Crippen molar-refractivity contribution >= 4 is 50.1 Å². The summed E-state index contributed by atoms with van der Waals surface area (Å²) in [6.45, 7) is 8.68. The van der Waals surface area contributed by atoms with Crippen LogP contribution < -0.4 is 33.8 Å². The Balaban J connectivity index is 1.41. The van der Waals surface area contributed by atoms with Crippen LogP contribution in [-0.4, -0.2) is 37.5 Å². The number of nitrogens with zero attached hydrogens (tertiary/aromatic N) is 2. The molecule has 0 amide bonds. The third-order valence-corrected chi connectivity index (χ3v) is 9.77. The third kappa shape index (κ3) is 6.93. The van der Waals surface area contributed by atoms with Gasteiger partial charge in [-0.15, -0.1) is 0 Å². The highest BCUT2D eigenvalue weighted by atomic mass is 79.9. The summed E-state index contributed by atoms with van der Waals surface area (Å²) >= 11 is 4.91. The van der Waals surface area contributed by atoms with Gasteiger partial charge in [-0.05, 0) is 101 Å². The molecule has 0 bridgehead atoms. The van der Waals surface area contributed by atoms with Crippen molar-refractivity contribution in [3.05, 3.63) is 125 Å². The number of fused-ring (bicyclic) bond motifs is 2. The van der Waals surface area contributed by atoms with Crippen molar-refractivity contribution < 1.29 is 28.5 Å². The second kappa shape index (κ2) is 15.3. The van der Waals surface area contributed by atoms with E-state index >= 15 is 0 Å². The van der Waals surface area contributed by atoms with Gasteiger partial charge in [0.25, 0.3) is 5.56 Å². The zero-order chi connectivity index (χ0) is 35.4. The molecule has 1 aliphatic heterocycles. The van der Waals surface area contributed by atoms with E-state index in [1.807, 2.05) is 62.4 Å². The molecule has 4 aromatic carbocycles. The lowest BCUT2D eigenvalue weighted by molar-refractivity contribution is -0.139. The largest absolute Gasteiger partial charge is 0.493 e. The van der Waals surface area contributed by atoms with E-state index < -0.39 is 12.0 Å². The first kappa shape index (κ1) is 35.0. The Morgan fingerprint density at radius 2 is 1.68 bits per heavy atom. The lowest BCUT2D eigenvalue weighted by atomic mass is 9.95. The second-order valence-electron chi connectivity index (χ2n) is 11.3. The van der Waals surface area contributed by atoms with Gasteiger partial charge in [-0.25, -0.2) is 9.79 Å². The predicted molar refractivity (Wildman–Crippen MR) is 198 cm³/mol. The molecule has 9 nitrogen and oxygen atoms in total. The number of ether oxygens (including phenoxy) is 5. The Morgan fingerprint density at radius 1 is 0.920 bits per heavy atom. The topological polar surface area (TPSA) is 97.6 Å². The summed E-state index contributed by atoms with van der Waals surface area (Å²) in [7, 11) is 1.58. The predicted octanol–water partition coefficient (Wildman–Crippen LogP) is 7.10. The summed E-state index contributed by atoms with van der Waals surface area (Å²) in [6.07, 6.45) is 1.79. The molecule has 0 radical (unpaired) electrons. The van der Waals surface area contributed by atoms with E-state index in [1.165, 1.54) is 11.3 Å². The number of hydrogen-bond donors (Lipinski definition) is 0. The van der Waals surface area contributed by atoms with Gasteiger partial charge in [0.1, 0.15) is 6.61 Å². The first-order valence-corrected chi connectivity index (χ1v) is 17.9. The number of rotatable bonds is 12. The van der Waals surface area contributed by atoms with Crippen LogP contribution in [0.15, 0.2) is 98.3 Å². The van der Waals surface area contributed by atoms with Gasteiger partial charge < -0.3 is 23.7 Å². The van der Waals surface area contributed by atoms with E-state index in [4.69, 9.17) is 28.7 Å². The summed E-state index contributed by atoms with van der Waals surface area (Å²) < 4.78 is 31.8. The molecule has 0 aliphatic carbocycles. The summed E-state index contributed by atoms with van der Waals surface area (Å²) in [5.41, 5.74) is 2.90. The maximum Gasteiger partial charge on any atom is 0.338 e. The normalized spacial score (nSPS) is 14.3. The molecule has 2 heterocycles. The number of aromatic nitrogens is 1. The molecule has 6 rings (SSSR count). The van der Waals surface area contributed by atoms with Gasteiger partial charge in [0, 0.05) is 0 Å². The van der Waals surface area contributed by atoms with E-state index in [9.17, 15) is 9.59 Å². The van der Waals surface area contributed by atoms with Gasteiger partial charge in [-0.1, -0.05) is 59.9 Å². The first-order valence-electron chi connectivity index (χ1n) is 16.3. The van der Waals surface area contributed by atoms with Crippen LogP contribution in [0.1, 0.15) is 50.4 Å². The number of thiazole rings is 1. The molecule has 0 fully saturated rings. The second-order valence-corrected chi connectivity index (χ2v) is 13.2. The highest BCUT2D eigenvalue weighted by Crippen LogP contribution is 2.39. The van der Waals surface area contributed by atoms with E-state index in [-0.39, 0.29) is 17.7 Å². The van der Waals surface area contributed by atoms with Crippen molar-refractivity contribution in [2.75, 3.05) is 26.9 Å². The van der Waals surface area contributed by atoms with Crippen molar-refractivity contribution in [3.63, 3.8) is 0 Å². The molecule has 0 saturated heterocycles. The van der Waals surface area contributed by atoms with Gasteiger partial charge >= 0.3 is 5.97 Å². The number of carbonyl (C=O) groups excluding carboxylic acids is 1. The zero-order valence-corrected chi connectivity index (χ0v) is 30.9. The first-order chi connectivity index (χ1) is 24.3. The van der Waals surface area contributed by atoms with Gasteiger partial charge in [-0.2, -0.15) is 0 Å². The summed E-state index contributed by atoms with van der Waals surface area (Å²) in [5.74, 6) is 1.62.